The standard InChI is InChI=1S/C11H12BrN3S/c1-3-7-6(2)14-11(15-10(7)13)9-8(12)4-5-16-9/h4-5H,3H2,1-2H3,(H2,13,14,15). The Balaban J connectivity index is 2.57. The molecular weight excluding hydrogens is 286 g/mol. The van der Waals surface area contributed by atoms with E-state index in [1.165, 1.54) is 0 Å². The number of thiophene rings is 1. The molecule has 0 saturated carbocycles. The molecule has 2 aromatic heterocycles. The Morgan fingerprint density at radius 2 is 2.19 bits per heavy atom. The molecule has 16 heavy (non-hydrogen) atoms. The second-order valence-electron chi connectivity index (χ2n) is 3.45. The van der Waals surface area contributed by atoms with Crippen molar-refractivity contribution in [2.75, 3.05) is 5.73 Å². The van der Waals surface area contributed by atoms with Gasteiger partial charge >= 0.3 is 0 Å². The van der Waals surface area contributed by atoms with Crippen molar-refractivity contribution >= 4 is 33.1 Å². The number of nitrogens with two attached hydrogens (primary N) is 1. The van der Waals surface area contributed by atoms with Crippen LogP contribution in [0.3, 0.4) is 0 Å². The van der Waals surface area contributed by atoms with Gasteiger partial charge in [-0.3, -0.25) is 0 Å². The van der Waals surface area contributed by atoms with E-state index < -0.39 is 0 Å². The summed E-state index contributed by atoms with van der Waals surface area (Å²) in [6, 6.07) is 1.99. The first-order valence-corrected chi connectivity index (χ1v) is 6.67. The van der Waals surface area contributed by atoms with Gasteiger partial charge in [-0.1, -0.05) is 6.92 Å². The molecule has 0 unspecified atom stereocenters. The van der Waals surface area contributed by atoms with E-state index in [0.29, 0.717) is 11.6 Å². The Hall–Kier alpha value is -0.940. The number of nitrogens with zero attached hydrogens (tertiary/aromatic N) is 2. The number of aryl methyl sites for hydroxylation is 1. The first-order chi connectivity index (χ1) is 7.63. The molecule has 0 aliphatic carbocycles. The van der Waals surface area contributed by atoms with Crippen LogP contribution >= 0.6 is 27.3 Å². The lowest BCUT2D eigenvalue weighted by atomic mass is 10.1. The third kappa shape index (κ3) is 1.97. The Bertz CT molecular complexity index is 499. The van der Waals surface area contributed by atoms with E-state index in [1.54, 1.807) is 11.3 Å². The van der Waals surface area contributed by atoms with E-state index in [1.807, 2.05) is 18.4 Å². The summed E-state index contributed by atoms with van der Waals surface area (Å²) in [5.41, 5.74) is 7.93. The van der Waals surface area contributed by atoms with Crippen molar-refractivity contribution in [3.63, 3.8) is 0 Å². The predicted octanol–water partition coefficient (Wildman–Crippen LogP) is 3.42. The van der Waals surface area contributed by atoms with Crippen LogP contribution in [0.4, 0.5) is 5.82 Å². The Labute approximate surface area is 107 Å². The van der Waals surface area contributed by atoms with Gasteiger partial charge in [0.15, 0.2) is 5.82 Å². The number of anilines is 1. The smallest absolute Gasteiger partial charge is 0.173 e. The maximum Gasteiger partial charge on any atom is 0.173 e. The third-order valence-corrected chi connectivity index (χ3v) is 4.25. The zero-order valence-corrected chi connectivity index (χ0v) is 11.5. The molecule has 0 amide bonds. The highest BCUT2D eigenvalue weighted by Crippen LogP contribution is 2.32. The lowest BCUT2D eigenvalue weighted by molar-refractivity contribution is 1.01. The first-order valence-electron chi connectivity index (χ1n) is 4.99. The van der Waals surface area contributed by atoms with E-state index in [0.717, 1.165) is 27.0 Å². The zero-order valence-electron chi connectivity index (χ0n) is 9.12. The number of hydrogen-bond acceptors (Lipinski definition) is 4. The molecule has 2 aromatic rings. The van der Waals surface area contributed by atoms with Crippen molar-refractivity contribution in [2.45, 2.75) is 20.3 Å². The summed E-state index contributed by atoms with van der Waals surface area (Å²) in [6.07, 6.45) is 0.865. The van der Waals surface area contributed by atoms with Crippen LogP contribution in [-0.2, 0) is 6.42 Å². The van der Waals surface area contributed by atoms with Crippen LogP contribution in [0.25, 0.3) is 10.7 Å². The fourth-order valence-electron chi connectivity index (χ4n) is 1.61. The lowest BCUT2D eigenvalue weighted by Crippen LogP contribution is -2.04. The average molecular weight is 298 g/mol. The molecule has 0 aliphatic heterocycles. The minimum absolute atomic E-state index is 0.588. The molecule has 0 aromatic carbocycles. The number of aromatic nitrogens is 2. The van der Waals surface area contributed by atoms with Gasteiger partial charge in [-0.05, 0) is 40.7 Å². The second kappa shape index (κ2) is 4.51. The van der Waals surface area contributed by atoms with E-state index in [9.17, 15) is 0 Å². The van der Waals surface area contributed by atoms with Crippen molar-refractivity contribution in [3.05, 3.63) is 27.2 Å². The molecule has 2 rings (SSSR count). The van der Waals surface area contributed by atoms with E-state index in [2.05, 4.69) is 32.8 Å². The molecule has 0 spiro atoms. The maximum atomic E-state index is 5.93. The molecule has 5 heteroatoms. The van der Waals surface area contributed by atoms with Crippen molar-refractivity contribution in [1.82, 2.24) is 9.97 Å². The number of rotatable bonds is 2. The maximum absolute atomic E-state index is 5.93. The SMILES string of the molecule is CCc1c(C)nc(-c2sccc2Br)nc1N. The van der Waals surface area contributed by atoms with E-state index >= 15 is 0 Å². The van der Waals surface area contributed by atoms with Crippen LogP contribution in [0.2, 0.25) is 0 Å². The Morgan fingerprint density at radius 3 is 2.69 bits per heavy atom. The van der Waals surface area contributed by atoms with Crippen molar-refractivity contribution < 1.29 is 0 Å². The second-order valence-corrected chi connectivity index (χ2v) is 5.22. The molecule has 3 nitrogen and oxygen atoms in total. The predicted molar refractivity (Wildman–Crippen MR) is 71.6 cm³/mol. The zero-order chi connectivity index (χ0) is 11.7. The van der Waals surface area contributed by atoms with Gasteiger partial charge < -0.3 is 5.73 Å². The summed E-state index contributed by atoms with van der Waals surface area (Å²) in [6.45, 7) is 4.03. The molecule has 2 heterocycles. The normalized spacial score (nSPS) is 10.7. The first kappa shape index (κ1) is 11.5. The lowest BCUT2D eigenvalue weighted by Gasteiger charge is -2.07. The molecule has 2 N–H and O–H groups in total. The van der Waals surface area contributed by atoms with Crippen LogP contribution in [0.15, 0.2) is 15.9 Å². The van der Waals surface area contributed by atoms with Gasteiger partial charge in [0, 0.05) is 15.7 Å². The number of hydrogen-bond donors (Lipinski definition) is 1. The average Bonchev–Trinajstić information content (AvgIpc) is 2.64. The summed E-state index contributed by atoms with van der Waals surface area (Å²) in [5, 5.41) is 2.00. The number of halogens is 1. The largest absolute Gasteiger partial charge is 0.383 e. The fraction of sp³-hybridized carbons (Fsp3) is 0.273. The number of nitrogen functional groups attached to an aromatic ring is 1. The van der Waals surface area contributed by atoms with Crippen LogP contribution in [0, 0.1) is 6.92 Å². The Morgan fingerprint density at radius 1 is 1.44 bits per heavy atom. The monoisotopic (exact) mass is 297 g/mol. The molecule has 0 bridgehead atoms. The van der Waals surface area contributed by atoms with Crippen molar-refractivity contribution in [1.29, 1.82) is 0 Å². The fourth-order valence-corrected chi connectivity index (χ4v) is 3.09. The van der Waals surface area contributed by atoms with Crippen LogP contribution in [-0.4, -0.2) is 9.97 Å². The van der Waals surface area contributed by atoms with Gasteiger partial charge in [0.25, 0.3) is 0 Å². The third-order valence-electron chi connectivity index (χ3n) is 2.42. The molecule has 0 fully saturated rings. The quantitative estimate of drug-likeness (QED) is 0.924. The van der Waals surface area contributed by atoms with Gasteiger partial charge in [-0.15, -0.1) is 11.3 Å². The minimum atomic E-state index is 0.588. The minimum Gasteiger partial charge on any atom is -0.383 e. The van der Waals surface area contributed by atoms with Gasteiger partial charge in [0.05, 0.1) is 4.88 Å². The molecule has 0 aliphatic rings. The van der Waals surface area contributed by atoms with E-state index in [-0.39, 0.29) is 0 Å². The van der Waals surface area contributed by atoms with Gasteiger partial charge in [-0.2, -0.15) is 0 Å². The molecule has 84 valence electrons. The van der Waals surface area contributed by atoms with Crippen molar-refractivity contribution in [2.24, 2.45) is 0 Å². The highest BCUT2D eigenvalue weighted by Gasteiger charge is 2.12. The topological polar surface area (TPSA) is 51.8 Å². The highest BCUT2D eigenvalue weighted by atomic mass is 79.9. The van der Waals surface area contributed by atoms with Crippen LogP contribution < -0.4 is 5.73 Å². The van der Waals surface area contributed by atoms with Crippen molar-refractivity contribution in [3.8, 4) is 10.7 Å². The summed E-state index contributed by atoms with van der Waals surface area (Å²) in [7, 11) is 0. The molecule has 0 atom stereocenters. The Kier molecular flexibility index (Phi) is 3.25. The molecular formula is C11H12BrN3S. The van der Waals surface area contributed by atoms with Gasteiger partial charge in [0.1, 0.15) is 5.82 Å². The van der Waals surface area contributed by atoms with E-state index in [4.69, 9.17) is 5.73 Å². The molecule has 0 radical (unpaired) electrons. The van der Waals surface area contributed by atoms with Crippen LogP contribution in [0.1, 0.15) is 18.2 Å². The summed E-state index contributed by atoms with van der Waals surface area (Å²) < 4.78 is 1.01. The summed E-state index contributed by atoms with van der Waals surface area (Å²) in [4.78, 5) is 9.88. The summed E-state index contributed by atoms with van der Waals surface area (Å²) in [5.74, 6) is 1.29. The van der Waals surface area contributed by atoms with Gasteiger partial charge in [-0.25, -0.2) is 9.97 Å². The highest BCUT2D eigenvalue weighted by molar-refractivity contribution is 9.10. The van der Waals surface area contributed by atoms with Crippen LogP contribution in [0.5, 0.6) is 0 Å². The summed E-state index contributed by atoms with van der Waals surface area (Å²) >= 11 is 5.08. The van der Waals surface area contributed by atoms with Gasteiger partial charge in [0.2, 0.25) is 0 Å². The molecule has 0 saturated heterocycles.